The van der Waals surface area contributed by atoms with Crippen molar-refractivity contribution in [1.82, 2.24) is 4.98 Å². The van der Waals surface area contributed by atoms with E-state index in [1.165, 1.54) is 17.4 Å². The highest BCUT2D eigenvalue weighted by Crippen LogP contribution is 2.23. The summed E-state index contributed by atoms with van der Waals surface area (Å²) in [5.74, 6) is -0.306. The maximum absolute atomic E-state index is 13.5. The molecule has 2 nitrogen and oxygen atoms in total. The Hall–Kier alpha value is -0.780. The molecule has 1 unspecified atom stereocenters. The summed E-state index contributed by atoms with van der Waals surface area (Å²) in [4.78, 5) is 4.19. The van der Waals surface area contributed by atoms with Crippen LogP contribution >= 0.6 is 27.3 Å². The smallest absolute Gasteiger partial charge is 0.126 e. The molecule has 0 fully saturated rings. The minimum Gasteiger partial charge on any atom is -0.386 e. The van der Waals surface area contributed by atoms with Gasteiger partial charge in [-0.15, -0.1) is 11.3 Å². The number of nitrogens with zero attached hydrogens (tertiary/aromatic N) is 1. The van der Waals surface area contributed by atoms with Gasteiger partial charge in [-0.25, -0.2) is 9.37 Å². The molecule has 0 saturated carbocycles. The largest absolute Gasteiger partial charge is 0.386 e. The zero-order valence-corrected chi connectivity index (χ0v) is 11.6. The molecular weight excluding hydrogens is 305 g/mol. The molecule has 0 amide bonds. The van der Waals surface area contributed by atoms with Gasteiger partial charge in [-0.1, -0.05) is 15.9 Å². The summed E-state index contributed by atoms with van der Waals surface area (Å²) in [7, 11) is 0. The van der Waals surface area contributed by atoms with Crippen molar-refractivity contribution in [3.63, 3.8) is 0 Å². The van der Waals surface area contributed by atoms with Crippen LogP contribution in [0.5, 0.6) is 0 Å². The van der Waals surface area contributed by atoms with Crippen LogP contribution in [0.3, 0.4) is 0 Å². The number of rotatable bonds is 3. The molecule has 0 radical (unpaired) electrons. The van der Waals surface area contributed by atoms with E-state index in [9.17, 15) is 9.50 Å². The molecule has 0 saturated heterocycles. The summed E-state index contributed by atoms with van der Waals surface area (Å²) in [6, 6.07) is 4.70. The summed E-state index contributed by atoms with van der Waals surface area (Å²) >= 11 is 4.76. The summed E-state index contributed by atoms with van der Waals surface area (Å²) in [6.45, 7) is 1.88. The number of aliphatic hydroxyl groups is 1. The topological polar surface area (TPSA) is 33.1 Å². The lowest BCUT2D eigenvalue weighted by Crippen LogP contribution is -2.04. The first kappa shape index (κ1) is 12.7. The third-order valence-corrected chi connectivity index (χ3v) is 3.68. The molecule has 2 aromatic rings. The maximum atomic E-state index is 13.5. The van der Waals surface area contributed by atoms with Gasteiger partial charge in [0.15, 0.2) is 0 Å². The fourth-order valence-electron chi connectivity index (χ4n) is 1.55. The minimum atomic E-state index is -0.760. The van der Waals surface area contributed by atoms with Gasteiger partial charge in [0.25, 0.3) is 0 Å². The van der Waals surface area contributed by atoms with Crippen LogP contribution in [0.1, 0.15) is 22.4 Å². The number of thiazole rings is 1. The molecule has 0 spiro atoms. The molecular formula is C12H11BrFNOS. The van der Waals surface area contributed by atoms with E-state index in [1.807, 2.05) is 6.92 Å². The van der Waals surface area contributed by atoms with E-state index in [0.29, 0.717) is 11.3 Å². The van der Waals surface area contributed by atoms with Crippen molar-refractivity contribution in [3.8, 4) is 0 Å². The van der Waals surface area contributed by atoms with Gasteiger partial charge in [0.05, 0.1) is 10.7 Å². The molecule has 5 heteroatoms. The Morgan fingerprint density at radius 3 is 2.94 bits per heavy atom. The Bertz CT molecular complexity index is 529. The fraction of sp³-hybridized carbons (Fsp3) is 0.250. The number of aryl methyl sites for hydroxylation is 1. The van der Waals surface area contributed by atoms with Crippen LogP contribution in [0.15, 0.2) is 28.1 Å². The van der Waals surface area contributed by atoms with E-state index >= 15 is 0 Å². The Morgan fingerprint density at radius 2 is 2.29 bits per heavy atom. The van der Waals surface area contributed by atoms with Crippen molar-refractivity contribution >= 4 is 27.3 Å². The highest BCUT2D eigenvalue weighted by molar-refractivity contribution is 9.10. The van der Waals surface area contributed by atoms with Crippen LogP contribution in [-0.4, -0.2) is 10.1 Å². The average Bonchev–Trinajstić information content (AvgIpc) is 2.70. The van der Waals surface area contributed by atoms with Crippen molar-refractivity contribution < 1.29 is 9.50 Å². The molecule has 90 valence electrons. The highest BCUT2D eigenvalue weighted by Gasteiger charge is 2.14. The molecule has 1 heterocycles. The first-order valence-electron chi connectivity index (χ1n) is 5.10. The van der Waals surface area contributed by atoms with Crippen molar-refractivity contribution in [2.75, 3.05) is 0 Å². The summed E-state index contributed by atoms with van der Waals surface area (Å²) < 4.78 is 14.3. The van der Waals surface area contributed by atoms with Crippen LogP contribution in [0.25, 0.3) is 0 Å². The molecule has 0 aliphatic rings. The third kappa shape index (κ3) is 3.12. The van der Waals surface area contributed by atoms with E-state index in [-0.39, 0.29) is 12.2 Å². The Labute approximate surface area is 111 Å². The van der Waals surface area contributed by atoms with Crippen LogP contribution in [0.2, 0.25) is 0 Å². The van der Waals surface area contributed by atoms with Gasteiger partial charge in [-0.3, -0.25) is 0 Å². The number of hydrogen-bond donors (Lipinski definition) is 1. The lowest BCUT2D eigenvalue weighted by atomic mass is 10.1. The van der Waals surface area contributed by atoms with Gasteiger partial charge >= 0.3 is 0 Å². The number of benzene rings is 1. The molecule has 1 aromatic carbocycles. The zero-order chi connectivity index (χ0) is 12.4. The van der Waals surface area contributed by atoms with Crippen LogP contribution in [0, 0.1) is 12.7 Å². The molecule has 0 bridgehead atoms. The van der Waals surface area contributed by atoms with Gasteiger partial charge in [0.1, 0.15) is 11.9 Å². The van der Waals surface area contributed by atoms with Crippen molar-refractivity contribution in [3.05, 3.63) is 50.1 Å². The van der Waals surface area contributed by atoms with Gasteiger partial charge in [0.2, 0.25) is 0 Å². The van der Waals surface area contributed by atoms with Crippen LogP contribution in [-0.2, 0) is 6.42 Å². The van der Waals surface area contributed by atoms with E-state index < -0.39 is 6.10 Å². The minimum absolute atomic E-state index is 0.231. The van der Waals surface area contributed by atoms with E-state index in [2.05, 4.69) is 20.9 Å². The third-order valence-electron chi connectivity index (χ3n) is 2.40. The van der Waals surface area contributed by atoms with Crippen molar-refractivity contribution in [2.45, 2.75) is 19.4 Å². The van der Waals surface area contributed by atoms with Crippen LogP contribution in [0.4, 0.5) is 4.39 Å². The molecule has 2 rings (SSSR count). The molecule has 1 atom stereocenters. The number of aliphatic hydroxyl groups excluding tert-OH is 1. The fourth-order valence-corrected chi connectivity index (χ4v) is 2.61. The van der Waals surface area contributed by atoms with Crippen molar-refractivity contribution in [2.24, 2.45) is 0 Å². The second-order valence-electron chi connectivity index (χ2n) is 3.75. The first-order chi connectivity index (χ1) is 8.06. The Balaban J connectivity index is 2.18. The molecule has 1 aromatic heterocycles. The number of hydrogen-bond acceptors (Lipinski definition) is 3. The SMILES string of the molecule is Cc1nc(C(O)Cc2cc(Br)ccc2F)cs1. The predicted octanol–water partition coefficient (Wildman–Crippen LogP) is 3.63. The summed E-state index contributed by atoms with van der Waals surface area (Å²) in [6.07, 6.45) is -0.530. The Morgan fingerprint density at radius 1 is 1.53 bits per heavy atom. The number of aromatic nitrogens is 1. The van der Waals surface area contributed by atoms with Gasteiger partial charge < -0.3 is 5.11 Å². The predicted molar refractivity (Wildman–Crippen MR) is 69.6 cm³/mol. The van der Waals surface area contributed by atoms with E-state index in [1.54, 1.807) is 17.5 Å². The van der Waals surface area contributed by atoms with Gasteiger partial charge in [0, 0.05) is 16.3 Å². The number of halogens is 2. The zero-order valence-electron chi connectivity index (χ0n) is 9.15. The highest BCUT2D eigenvalue weighted by atomic mass is 79.9. The van der Waals surface area contributed by atoms with Crippen molar-refractivity contribution in [1.29, 1.82) is 0 Å². The molecule has 0 aliphatic heterocycles. The summed E-state index contributed by atoms with van der Waals surface area (Å²) in [5.41, 5.74) is 1.09. The van der Waals surface area contributed by atoms with Gasteiger partial charge in [-0.2, -0.15) is 0 Å². The standard InChI is InChI=1S/C12H11BrFNOS/c1-7-15-11(6-17-7)12(16)5-8-4-9(13)2-3-10(8)14/h2-4,6,12,16H,5H2,1H3. The maximum Gasteiger partial charge on any atom is 0.126 e. The lowest BCUT2D eigenvalue weighted by Gasteiger charge is -2.09. The van der Waals surface area contributed by atoms with Crippen LogP contribution < -0.4 is 0 Å². The second-order valence-corrected chi connectivity index (χ2v) is 5.72. The molecule has 0 aliphatic carbocycles. The van der Waals surface area contributed by atoms with E-state index in [4.69, 9.17) is 0 Å². The van der Waals surface area contributed by atoms with Gasteiger partial charge in [-0.05, 0) is 30.7 Å². The Kier molecular flexibility index (Phi) is 3.91. The quantitative estimate of drug-likeness (QED) is 0.938. The monoisotopic (exact) mass is 315 g/mol. The first-order valence-corrected chi connectivity index (χ1v) is 6.77. The second kappa shape index (κ2) is 5.25. The molecule has 1 N–H and O–H groups in total. The van der Waals surface area contributed by atoms with E-state index in [0.717, 1.165) is 9.48 Å². The average molecular weight is 316 g/mol. The molecule has 17 heavy (non-hydrogen) atoms. The normalized spacial score (nSPS) is 12.7. The summed E-state index contributed by atoms with van der Waals surface area (Å²) in [5, 5.41) is 12.7. The lowest BCUT2D eigenvalue weighted by molar-refractivity contribution is 0.173.